The summed E-state index contributed by atoms with van der Waals surface area (Å²) in [6, 6.07) is 22.6. The second kappa shape index (κ2) is 10.8. The summed E-state index contributed by atoms with van der Waals surface area (Å²) in [5.41, 5.74) is 5.22. The third-order valence-electron chi connectivity index (χ3n) is 5.71. The molecule has 0 spiro atoms. The van der Waals surface area contributed by atoms with E-state index in [4.69, 9.17) is 0 Å². The fourth-order valence-corrected chi connectivity index (χ4v) is 4.07. The average molecular weight is 443 g/mol. The molecule has 0 aromatic heterocycles. The van der Waals surface area contributed by atoms with E-state index in [9.17, 15) is 9.59 Å². The fraction of sp³-hybridized carbons (Fsp3) is 0.259. The quantitative estimate of drug-likeness (QED) is 0.473. The Morgan fingerprint density at radius 2 is 1.48 bits per heavy atom. The van der Waals surface area contributed by atoms with Crippen molar-refractivity contribution in [1.82, 2.24) is 10.2 Å². The molecule has 33 heavy (non-hydrogen) atoms. The number of likely N-dealkylation sites (tertiary alicyclic amines) is 1. The summed E-state index contributed by atoms with van der Waals surface area (Å²) in [6.07, 6.45) is 2.50. The Morgan fingerprint density at radius 1 is 0.818 bits per heavy atom. The molecule has 3 aromatic rings. The van der Waals surface area contributed by atoms with Crippen molar-refractivity contribution in [1.29, 1.82) is 0 Å². The van der Waals surface area contributed by atoms with Crippen LogP contribution in [0.3, 0.4) is 0 Å². The Balaban J connectivity index is 1.31. The van der Waals surface area contributed by atoms with Gasteiger partial charge in [-0.3, -0.25) is 9.69 Å². The number of carbonyl (C=O) groups excluding carboxylic acids is 2. The number of urea groups is 1. The lowest BCUT2D eigenvalue weighted by atomic mass is 10.1. The summed E-state index contributed by atoms with van der Waals surface area (Å²) < 4.78 is 0. The van der Waals surface area contributed by atoms with Gasteiger partial charge in [-0.1, -0.05) is 36.4 Å². The second-order valence-corrected chi connectivity index (χ2v) is 8.52. The van der Waals surface area contributed by atoms with Crippen LogP contribution in [0.2, 0.25) is 0 Å². The van der Waals surface area contributed by atoms with E-state index in [1.54, 1.807) is 0 Å². The molecule has 1 saturated heterocycles. The van der Waals surface area contributed by atoms with Crippen LogP contribution in [0.25, 0.3) is 0 Å². The van der Waals surface area contributed by atoms with E-state index in [2.05, 4.69) is 26.9 Å². The predicted molar refractivity (Wildman–Crippen MR) is 132 cm³/mol. The lowest BCUT2D eigenvalue weighted by Gasteiger charge is -2.15. The molecular formula is C27H30N4O2. The highest BCUT2D eigenvalue weighted by molar-refractivity contribution is 5.99. The third kappa shape index (κ3) is 6.67. The van der Waals surface area contributed by atoms with Gasteiger partial charge in [0.2, 0.25) is 0 Å². The van der Waals surface area contributed by atoms with Gasteiger partial charge in [-0.2, -0.15) is 0 Å². The maximum Gasteiger partial charge on any atom is 0.323 e. The summed E-state index contributed by atoms with van der Waals surface area (Å²) in [7, 11) is 0. The molecule has 170 valence electrons. The number of aryl methyl sites for hydroxylation is 1. The molecular weight excluding hydrogens is 412 g/mol. The van der Waals surface area contributed by atoms with Gasteiger partial charge >= 0.3 is 6.03 Å². The molecule has 1 heterocycles. The number of carbonyl (C=O) groups is 2. The van der Waals surface area contributed by atoms with Crippen LogP contribution in [0, 0.1) is 6.92 Å². The third-order valence-corrected chi connectivity index (χ3v) is 5.71. The van der Waals surface area contributed by atoms with Crippen molar-refractivity contribution >= 4 is 23.3 Å². The Bertz CT molecular complexity index is 1120. The number of benzene rings is 3. The summed E-state index contributed by atoms with van der Waals surface area (Å²) in [6.45, 7) is 5.50. The van der Waals surface area contributed by atoms with Gasteiger partial charge in [0.1, 0.15) is 0 Å². The summed E-state index contributed by atoms with van der Waals surface area (Å²) in [4.78, 5) is 27.4. The summed E-state index contributed by atoms with van der Waals surface area (Å²) in [5, 5.41) is 8.66. The Labute approximate surface area is 195 Å². The molecule has 0 bridgehead atoms. The summed E-state index contributed by atoms with van der Waals surface area (Å²) in [5.74, 6) is -0.103. The molecule has 6 nitrogen and oxygen atoms in total. The van der Waals surface area contributed by atoms with Crippen LogP contribution in [0.15, 0.2) is 72.8 Å². The highest BCUT2D eigenvalue weighted by Gasteiger charge is 2.13. The highest BCUT2D eigenvalue weighted by atomic mass is 16.2. The minimum absolute atomic E-state index is 0.103. The van der Waals surface area contributed by atoms with Crippen molar-refractivity contribution in [2.75, 3.05) is 23.7 Å². The molecule has 4 rings (SSSR count). The van der Waals surface area contributed by atoms with Crippen molar-refractivity contribution in [2.24, 2.45) is 0 Å². The van der Waals surface area contributed by atoms with E-state index in [1.807, 2.05) is 73.7 Å². The van der Waals surface area contributed by atoms with Crippen LogP contribution in [0.4, 0.5) is 16.2 Å². The largest absolute Gasteiger partial charge is 0.348 e. The lowest BCUT2D eigenvalue weighted by molar-refractivity contribution is 0.0950. The predicted octanol–water partition coefficient (Wildman–Crippen LogP) is 5.16. The molecule has 0 aliphatic carbocycles. The normalized spacial score (nSPS) is 13.5. The number of anilines is 2. The topological polar surface area (TPSA) is 73.5 Å². The maximum atomic E-state index is 12.7. The smallest absolute Gasteiger partial charge is 0.323 e. The van der Waals surface area contributed by atoms with Crippen LogP contribution in [-0.2, 0) is 13.1 Å². The van der Waals surface area contributed by atoms with E-state index in [-0.39, 0.29) is 11.9 Å². The minimum atomic E-state index is -0.309. The van der Waals surface area contributed by atoms with Crippen LogP contribution in [0.5, 0.6) is 0 Å². The molecule has 1 aliphatic heterocycles. The Hall–Kier alpha value is -3.64. The van der Waals surface area contributed by atoms with Crippen LogP contribution in [0.1, 0.15) is 39.9 Å². The molecule has 1 aliphatic rings. The first kappa shape index (κ1) is 22.6. The molecule has 1 fully saturated rings. The maximum absolute atomic E-state index is 12.7. The number of amides is 3. The zero-order valence-corrected chi connectivity index (χ0v) is 18.9. The number of nitrogens with zero attached hydrogens (tertiary/aromatic N) is 1. The van der Waals surface area contributed by atoms with Gasteiger partial charge in [0.05, 0.1) is 0 Å². The van der Waals surface area contributed by atoms with Crippen LogP contribution >= 0.6 is 0 Å². The number of rotatable bonds is 7. The van der Waals surface area contributed by atoms with Crippen LogP contribution < -0.4 is 16.0 Å². The van der Waals surface area contributed by atoms with Gasteiger partial charge in [0.15, 0.2) is 0 Å². The van der Waals surface area contributed by atoms with Crippen molar-refractivity contribution in [2.45, 2.75) is 32.9 Å². The van der Waals surface area contributed by atoms with Crippen molar-refractivity contribution < 1.29 is 9.59 Å². The molecule has 0 radical (unpaired) electrons. The highest BCUT2D eigenvalue weighted by Crippen LogP contribution is 2.15. The summed E-state index contributed by atoms with van der Waals surface area (Å²) >= 11 is 0. The van der Waals surface area contributed by atoms with E-state index in [0.29, 0.717) is 17.8 Å². The second-order valence-electron chi connectivity index (χ2n) is 8.52. The van der Waals surface area contributed by atoms with Crippen molar-refractivity contribution in [3.63, 3.8) is 0 Å². The molecule has 0 saturated carbocycles. The number of hydrogen-bond donors (Lipinski definition) is 3. The van der Waals surface area contributed by atoms with Gasteiger partial charge in [-0.05, 0) is 85.9 Å². The first-order valence-electron chi connectivity index (χ1n) is 11.4. The van der Waals surface area contributed by atoms with E-state index < -0.39 is 0 Å². The standard InChI is InChI=1S/C27H30N4O2/c1-20-7-4-11-24(15-20)29-27(33)30-25-12-6-8-21(17-25)18-28-26(32)23-10-5-9-22(16-23)19-31-13-2-3-14-31/h4-12,15-17H,2-3,13-14,18-19H2,1H3,(H,28,32)(H2,29,30,33). The molecule has 3 N–H and O–H groups in total. The first-order chi connectivity index (χ1) is 16.0. The van der Waals surface area contributed by atoms with Gasteiger partial charge in [-0.25, -0.2) is 4.79 Å². The van der Waals surface area contributed by atoms with Gasteiger partial charge in [0, 0.05) is 30.0 Å². The molecule has 0 atom stereocenters. The zero-order chi connectivity index (χ0) is 23.0. The molecule has 3 amide bonds. The number of nitrogens with one attached hydrogen (secondary N) is 3. The van der Waals surface area contributed by atoms with Gasteiger partial charge < -0.3 is 16.0 Å². The number of hydrogen-bond acceptors (Lipinski definition) is 3. The monoisotopic (exact) mass is 442 g/mol. The van der Waals surface area contributed by atoms with E-state index in [1.165, 1.54) is 12.8 Å². The van der Waals surface area contributed by atoms with Crippen LogP contribution in [-0.4, -0.2) is 29.9 Å². The first-order valence-corrected chi connectivity index (χ1v) is 11.4. The van der Waals surface area contributed by atoms with Gasteiger partial charge in [-0.15, -0.1) is 0 Å². The Kier molecular flexibility index (Phi) is 7.37. The van der Waals surface area contributed by atoms with Gasteiger partial charge in [0.25, 0.3) is 5.91 Å². The Morgan fingerprint density at radius 3 is 2.24 bits per heavy atom. The SMILES string of the molecule is Cc1cccc(NC(=O)Nc2cccc(CNC(=O)c3cccc(CN4CCCC4)c3)c2)c1. The van der Waals surface area contributed by atoms with Crippen molar-refractivity contribution in [3.05, 3.63) is 95.1 Å². The van der Waals surface area contributed by atoms with E-state index >= 15 is 0 Å². The fourth-order valence-electron chi connectivity index (χ4n) is 4.07. The van der Waals surface area contributed by atoms with Crippen molar-refractivity contribution in [3.8, 4) is 0 Å². The molecule has 3 aromatic carbocycles. The minimum Gasteiger partial charge on any atom is -0.348 e. The van der Waals surface area contributed by atoms with E-state index in [0.717, 1.165) is 42.0 Å². The molecule has 6 heteroatoms. The zero-order valence-electron chi connectivity index (χ0n) is 18.9. The lowest BCUT2D eigenvalue weighted by Crippen LogP contribution is -2.24. The average Bonchev–Trinajstić information content (AvgIpc) is 3.31. The molecule has 0 unspecified atom stereocenters.